The Bertz CT molecular complexity index is 330. The number of aryl methyl sites for hydroxylation is 1. The molecule has 82 valence electrons. The molecule has 1 aromatic heterocycles. The molecule has 0 spiro atoms. The Kier molecular flexibility index (Phi) is 3.92. The normalized spacial score (nSPS) is 20.7. The van der Waals surface area contributed by atoms with Crippen LogP contribution in [0, 0.1) is 12.8 Å². The molecule has 2 rings (SSSR count). The molecule has 1 N–H and O–H groups in total. The third-order valence-electron chi connectivity index (χ3n) is 2.76. The molecule has 15 heavy (non-hydrogen) atoms. The van der Waals surface area contributed by atoms with Crippen LogP contribution < -0.4 is 5.32 Å². The molecule has 0 radical (unpaired) electrons. The van der Waals surface area contributed by atoms with E-state index < -0.39 is 0 Å². The van der Waals surface area contributed by atoms with Crippen molar-refractivity contribution in [3.63, 3.8) is 0 Å². The number of nitrogens with one attached hydrogen (secondary N) is 1. The standard InChI is InChI=1S/C12H18N2S/c1-10-7-14-12(15-10)9-13-8-11-5-3-2-4-6-11/h2-3,7,11,13H,4-6,8-9H2,1H3. The van der Waals surface area contributed by atoms with E-state index in [1.807, 2.05) is 6.20 Å². The highest BCUT2D eigenvalue weighted by Crippen LogP contribution is 2.17. The molecule has 0 saturated heterocycles. The van der Waals surface area contributed by atoms with Crippen LogP contribution in [-0.4, -0.2) is 11.5 Å². The molecule has 2 nitrogen and oxygen atoms in total. The summed E-state index contributed by atoms with van der Waals surface area (Å²) in [6.45, 7) is 4.16. The minimum atomic E-state index is 0.830. The Morgan fingerprint density at radius 2 is 2.47 bits per heavy atom. The van der Waals surface area contributed by atoms with E-state index in [2.05, 4.69) is 29.4 Å². The summed E-state index contributed by atoms with van der Waals surface area (Å²) in [6.07, 6.45) is 10.4. The fraction of sp³-hybridized carbons (Fsp3) is 0.583. The summed E-state index contributed by atoms with van der Waals surface area (Å²) < 4.78 is 0. The highest BCUT2D eigenvalue weighted by molar-refractivity contribution is 7.11. The van der Waals surface area contributed by atoms with Crippen LogP contribution in [-0.2, 0) is 6.54 Å². The Labute approximate surface area is 95.4 Å². The van der Waals surface area contributed by atoms with Crippen molar-refractivity contribution in [2.75, 3.05) is 6.54 Å². The van der Waals surface area contributed by atoms with Gasteiger partial charge in [0.2, 0.25) is 0 Å². The lowest BCUT2D eigenvalue weighted by Gasteiger charge is -2.17. The van der Waals surface area contributed by atoms with Crippen LogP contribution in [0.25, 0.3) is 0 Å². The fourth-order valence-corrected chi connectivity index (χ4v) is 2.66. The maximum atomic E-state index is 4.34. The van der Waals surface area contributed by atoms with E-state index in [0.29, 0.717) is 0 Å². The van der Waals surface area contributed by atoms with E-state index in [0.717, 1.165) is 19.0 Å². The maximum absolute atomic E-state index is 4.34. The number of allylic oxidation sites excluding steroid dienone is 2. The molecule has 0 saturated carbocycles. The van der Waals surface area contributed by atoms with Gasteiger partial charge in [-0.25, -0.2) is 4.98 Å². The minimum absolute atomic E-state index is 0.830. The van der Waals surface area contributed by atoms with Gasteiger partial charge in [0.1, 0.15) is 5.01 Å². The zero-order valence-electron chi connectivity index (χ0n) is 9.20. The van der Waals surface area contributed by atoms with Crippen molar-refractivity contribution in [2.45, 2.75) is 32.7 Å². The molecule has 1 atom stereocenters. The van der Waals surface area contributed by atoms with Gasteiger partial charge in [-0.3, -0.25) is 0 Å². The lowest BCUT2D eigenvalue weighted by Crippen LogP contribution is -2.23. The molecule has 0 amide bonds. The fourth-order valence-electron chi connectivity index (χ4n) is 1.91. The first kappa shape index (κ1) is 10.8. The summed E-state index contributed by atoms with van der Waals surface area (Å²) in [5.74, 6) is 0.830. The SMILES string of the molecule is Cc1cnc(CNCC2CC=CCC2)s1. The van der Waals surface area contributed by atoms with Crippen molar-refractivity contribution >= 4 is 11.3 Å². The highest BCUT2D eigenvalue weighted by atomic mass is 32.1. The van der Waals surface area contributed by atoms with Crippen LogP contribution in [0.3, 0.4) is 0 Å². The van der Waals surface area contributed by atoms with E-state index in [4.69, 9.17) is 0 Å². The number of nitrogens with zero attached hydrogens (tertiary/aromatic N) is 1. The molecule has 3 heteroatoms. The quantitative estimate of drug-likeness (QED) is 0.792. The Balaban J connectivity index is 1.68. The summed E-state index contributed by atoms with van der Waals surface area (Å²) in [5.41, 5.74) is 0. The predicted molar refractivity (Wildman–Crippen MR) is 65.0 cm³/mol. The molecule has 1 aliphatic rings. The van der Waals surface area contributed by atoms with E-state index in [1.165, 1.54) is 29.1 Å². The van der Waals surface area contributed by atoms with Gasteiger partial charge in [0.25, 0.3) is 0 Å². The van der Waals surface area contributed by atoms with Gasteiger partial charge in [-0.15, -0.1) is 11.3 Å². The maximum Gasteiger partial charge on any atom is 0.107 e. The molecule has 0 bridgehead atoms. The van der Waals surface area contributed by atoms with E-state index >= 15 is 0 Å². The van der Waals surface area contributed by atoms with Crippen molar-refractivity contribution < 1.29 is 0 Å². The largest absolute Gasteiger partial charge is 0.310 e. The summed E-state index contributed by atoms with van der Waals surface area (Å²) in [6, 6.07) is 0. The average molecular weight is 222 g/mol. The second-order valence-corrected chi connectivity index (χ2v) is 5.47. The number of hydrogen-bond acceptors (Lipinski definition) is 3. The second-order valence-electron chi connectivity index (χ2n) is 4.15. The van der Waals surface area contributed by atoms with E-state index in [1.54, 1.807) is 11.3 Å². The molecule has 1 aliphatic carbocycles. The van der Waals surface area contributed by atoms with Gasteiger partial charge in [-0.1, -0.05) is 12.2 Å². The van der Waals surface area contributed by atoms with Gasteiger partial charge in [-0.05, 0) is 38.6 Å². The van der Waals surface area contributed by atoms with E-state index in [-0.39, 0.29) is 0 Å². The lowest BCUT2D eigenvalue weighted by molar-refractivity contribution is 0.440. The average Bonchev–Trinajstić information content (AvgIpc) is 2.66. The third kappa shape index (κ3) is 3.43. The molecule has 0 aromatic carbocycles. The van der Waals surface area contributed by atoms with Crippen LogP contribution in [0.4, 0.5) is 0 Å². The number of hydrogen-bond donors (Lipinski definition) is 1. The van der Waals surface area contributed by atoms with Crippen LogP contribution >= 0.6 is 11.3 Å². The molecular formula is C12H18N2S. The van der Waals surface area contributed by atoms with Crippen molar-refractivity contribution in [1.82, 2.24) is 10.3 Å². The first-order valence-electron chi connectivity index (χ1n) is 5.61. The Hall–Kier alpha value is -0.670. The summed E-state index contributed by atoms with van der Waals surface area (Å²) in [7, 11) is 0. The molecule has 1 heterocycles. The van der Waals surface area contributed by atoms with Gasteiger partial charge in [0.15, 0.2) is 0 Å². The monoisotopic (exact) mass is 222 g/mol. The van der Waals surface area contributed by atoms with Crippen molar-refractivity contribution in [3.8, 4) is 0 Å². The number of thiazole rings is 1. The smallest absolute Gasteiger partial charge is 0.107 e. The van der Waals surface area contributed by atoms with Crippen LogP contribution in [0.2, 0.25) is 0 Å². The van der Waals surface area contributed by atoms with Gasteiger partial charge >= 0.3 is 0 Å². The summed E-state index contributed by atoms with van der Waals surface area (Å²) in [4.78, 5) is 5.64. The molecule has 0 fully saturated rings. The molecule has 1 unspecified atom stereocenters. The first-order chi connectivity index (χ1) is 7.34. The third-order valence-corrected chi connectivity index (χ3v) is 3.67. The van der Waals surface area contributed by atoms with Crippen LogP contribution in [0.1, 0.15) is 29.1 Å². The zero-order chi connectivity index (χ0) is 10.5. The number of aromatic nitrogens is 1. The summed E-state index contributed by atoms with van der Waals surface area (Å²) >= 11 is 1.79. The molecular weight excluding hydrogens is 204 g/mol. The Morgan fingerprint density at radius 1 is 1.53 bits per heavy atom. The summed E-state index contributed by atoms with van der Waals surface area (Å²) in [5, 5.41) is 4.71. The lowest BCUT2D eigenvalue weighted by atomic mass is 9.94. The first-order valence-corrected chi connectivity index (χ1v) is 6.43. The van der Waals surface area contributed by atoms with Gasteiger partial charge in [0, 0.05) is 17.6 Å². The van der Waals surface area contributed by atoms with Crippen LogP contribution in [0.5, 0.6) is 0 Å². The Morgan fingerprint density at radius 3 is 3.13 bits per heavy atom. The molecule has 1 aromatic rings. The predicted octanol–water partition coefficient (Wildman–Crippen LogP) is 2.90. The van der Waals surface area contributed by atoms with Crippen LogP contribution in [0.15, 0.2) is 18.3 Å². The van der Waals surface area contributed by atoms with Gasteiger partial charge in [0.05, 0.1) is 0 Å². The van der Waals surface area contributed by atoms with Gasteiger partial charge < -0.3 is 5.32 Å². The highest BCUT2D eigenvalue weighted by Gasteiger charge is 2.09. The minimum Gasteiger partial charge on any atom is -0.310 e. The topological polar surface area (TPSA) is 24.9 Å². The van der Waals surface area contributed by atoms with Crippen molar-refractivity contribution in [1.29, 1.82) is 0 Å². The molecule has 0 aliphatic heterocycles. The van der Waals surface area contributed by atoms with Crippen molar-refractivity contribution in [3.05, 3.63) is 28.2 Å². The number of rotatable bonds is 4. The van der Waals surface area contributed by atoms with E-state index in [9.17, 15) is 0 Å². The zero-order valence-corrected chi connectivity index (χ0v) is 10.0. The van der Waals surface area contributed by atoms with Gasteiger partial charge in [-0.2, -0.15) is 0 Å². The second kappa shape index (κ2) is 5.42. The van der Waals surface area contributed by atoms with Crippen molar-refractivity contribution in [2.24, 2.45) is 5.92 Å².